The van der Waals surface area contributed by atoms with Crippen molar-refractivity contribution < 1.29 is 9.90 Å². The molecule has 0 aromatic carbocycles. The lowest BCUT2D eigenvalue weighted by molar-refractivity contribution is 0.209. The molecule has 58 valence electrons. The first-order valence-electron chi connectivity index (χ1n) is 2.80. The average molecular weight is 264 g/mol. The topological polar surface area (TPSA) is 62.2 Å². The Morgan fingerprint density at radius 2 is 2.45 bits per heavy atom. The Balaban J connectivity index is 2.86. The highest BCUT2D eigenvalue weighted by atomic mass is 127. The zero-order valence-corrected chi connectivity index (χ0v) is 7.57. The molecule has 11 heavy (non-hydrogen) atoms. The zero-order chi connectivity index (χ0) is 8.27. The van der Waals surface area contributed by atoms with E-state index in [0.29, 0.717) is 5.82 Å². The van der Waals surface area contributed by atoms with Crippen LogP contribution in [0, 0.1) is 3.57 Å². The fourth-order valence-electron chi connectivity index (χ4n) is 0.579. The Morgan fingerprint density at radius 1 is 1.73 bits per heavy atom. The summed E-state index contributed by atoms with van der Waals surface area (Å²) in [5.41, 5.74) is 0. The first kappa shape index (κ1) is 8.25. The maximum absolute atomic E-state index is 10.2. The summed E-state index contributed by atoms with van der Waals surface area (Å²) in [6.07, 6.45) is 0.439. The van der Waals surface area contributed by atoms with Crippen LogP contribution >= 0.6 is 22.6 Å². The number of pyridine rings is 1. The number of aromatic nitrogens is 1. The number of hydrogen-bond donors (Lipinski definition) is 2. The lowest BCUT2D eigenvalue weighted by Crippen LogP contribution is -2.09. The second-order valence-corrected chi connectivity index (χ2v) is 2.93. The van der Waals surface area contributed by atoms with Crippen molar-refractivity contribution in [2.45, 2.75) is 0 Å². The third kappa shape index (κ3) is 2.34. The van der Waals surface area contributed by atoms with Crippen molar-refractivity contribution in [1.29, 1.82) is 0 Å². The van der Waals surface area contributed by atoms with Crippen LogP contribution in [0.4, 0.5) is 10.6 Å². The Morgan fingerprint density at radius 3 is 3.00 bits per heavy atom. The molecule has 0 aliphatic carbocycles. The highest BCUT2D eigenvalue weighted by Crippen LogP contribution is 2.12. The molecule has 0 spiro atoms. The summed E-state index contributed by atoms with van der Waals surface area (Å²) in [5.74, 6) is 0.376. The van der Waals surface area contributed by atoms with Gasteiger partial charge in [0.1, 0.15) is 5.82 Å². The van der Waals surface area contributed by atoms with Gasteiger partial charge in [-0.3, -0.25) is 5.32 Å². The van der Waals surface area contributed by atoms with E-state index in [1.54, 1.807) is 12.1 Å². The van der Waals surface area contributed by atoms with Crippen LogP contribution in [-0.2, 0) is 0 Å². The minimum absolute atomic E-state index is 0.376. The smallest absolute Gasteiger partial charge is 0.410 e. The molecule has 0 bridgehead atoms. The molecule has 1 amide bonds. The lowest BCUT2D eigenvalue weighted by Gasteiger charge is -1.99. The maximum atomic E-state index is 10.2. The van der Waals surface area contributed by atoms with Crippen molar-refractivity contribution in [3.05, 3.63) is 21.9 Å². The highest BCUT2D eigenvalue weighted by molar-refractivity contribution is 14.1. The van der Waals surface area contributed by atoms with E-state index in [-0.39, 0.29) is 0 Å². The average Bonchev–Trinajstić information content (AvgIpc) is 1.93. The summed E-state index contributed by atoms with van der Waals surface area (Å²) in [5, 5.41) is 10.5. The van der Waals surface area contributed by atoms with E-state index in [1.165, 1.54) is 6.20 Å². The van der Waals surface area contributed by atoms with Crippen molar-refractivity contribution in [3.8, 4) is 0 Å². The van der Waals surface area contributed by atoms with E-state index >= 15 is 0 Å². The Hall–Kier alpha value is -0.850. The molecule has 0 saturated heterocycles. The summed E-state index contributed by atoms with van der Waals surface area (Å²) < 4.78 is 0.785. The third-order valence-electron chi connectivity index (χ3n) is 0.984. The minimum atomic E-state index is -1.10. The molecule has 0 atom stereocenters. The van der Waals surface area contributed by atoms with Gasteiger partial charge in [-0.15, -0.1) is 0 Å². The van der Waals surface area contributed by atoms with Crippen molar-refractivity contribution >= 4 is 34.5 Å². The van der Waals surface area contributed by atoms with Crippen LogP contribution < -0.4 is 5.32 Å². The van der Waals surface area contributed by atoms with Gasteiger partial charge in [0, 0.05) is 6.20 Å². The van der Waals surface area contributed by atoms with Crippen LogP contribution in [-0.4, -0.2) is 16.2 Å². The Bertz CT molecular complexity index is 277. The first-order valence-corrected chi connectivity index (χ1v) is 3.88. The highest BCUT2D eigenvalue weighted by Gasteiger charge is 2.01. The van der Waals surface area contributed by atoms with Gasteiger partial charge in [-0.2, -0.15) is 0 Å². The molecule has 0 radical (unpaired) electrons. The molecule has 0 fully saturated rings. The van der Waals surface area contributed by atoms with Gasteiger partial charge >= 0.3 is 6.09 Å². The maximum Gasteiger partial charge on any atom is 0.410 e. The minimum Gasteiger partial charge on any atom is -0.465 e. The fourth-order valence-corrected chi connectivity index (χ4v) is 1.06. The second kappa shape index (κ2) is 3.51. The molecule has 1 rings (SSSR count). The molecule has 1 heterocycles. The molecule has 2 N–H and O–H groups in total. The molecular weight excluding hydrogens is 259 g/mol. The molecule has 1 aromatic heterocycles. The number of nitrogens with one attached hydrogen (secondary N) is 1. The number of halogens is 1. The summed E-state index contributed by atoms with van der Waals surface area (Å²) in [6.45, 7) is 0. The third-order valence-corrected chi connectivity index (χ3v) is 1.85. The molecule has 0 saturated carbocycles. The number of amides is 1. The van der Waals surface area contributed by atoms with Gasteiger partial charge < -0.3 is 5.11 Å². The number of nitrogens with zero attached hydrogens (tertiary/aromatic N) is 1. The zero-order valence-electron chi connectivity index (χ0n) is 5.41. The molecule has 5 heteroatoms. The SMILES string of the molecule is O=C(O)Nc1ncccc1I. The fraction of sp³-hybridized carbons (Fsp3) is 0. The second-order valence-electron chi connectivity index (χ2n) is 1.76. The monoisotopic (exact) mass is 264 g/mol. The summed E-state index contributed by atoms with van der Waals surface area (Å²) in [4.78, 5) is 14.0. The molecular formula is C6H5IN2O2. The molecule has 0 unspecified atom stereocenters. The molecule has 4 nitrogen and oxygen atoms in total. The lowest BCUT2D eigenvalue weighted by atomic mass is 10.5. The van der Waals surface area contributed by atoms with E-state index in [0.717, 1.165) is 3.57 Å². The van der Waals surface area contributed by atoms with E-state index in [9.17, 15) is 4.79 Å². The van der Waals surface area contributed by atoms with E-state index in [4.69, 9.17) is 5.11 Å². The summed E-state index contributed by atoms with van der Waals surface area (Å²) in [6, 6.07) is 3.52. The molecule has 0 aliphatic heterocycles. The number of carbonyl (C=O) groups is 1. The van der Waals surface area contributed by atoms with Gasteiger partial charge in [0.25, 0.3) is 0 Å². The quantitative estimate of drug-likeness (QED) is 0.760. The van der Waals surface area contributed by atoms with Crippen LogP contribution in [0.25, 0.3) is 0 Å². The van der Waals surface area contributed by atoms with Gasteiger partial charge in [-0.05, 0) is 34.7 Å². The van der Waals surface area contributed by atoms with Crippen LogP contribution in [0.15, 0.2) is 18.3 Å². The van der Waals surface area contributed by atoms with E-state index < -0.39 is 6.09 Å². The molecule has 1 aromatic rings. The van der Waals surface area contributed by atoms with Gasteiger partial charge in [-0.25, -0.2) is 9.78 Å². The van der Waals surface area contributed by atoms with Gasteiger partial charge in [0.05, 0.1) is 3.57 Å². The Labute approximate surface area is 76.8 Å². The summed E-state index contributed by atoms with van der Waals surface area (Å²) in [7, 11) is 0. The van der Waals surface area contributed by atoms with Crippen LogP contribution in [0.1, 0.15) is 0 Å². The van der Waals surface area contributed by atoms with Crippen LogP contribution in [0.2, 0.25) is 0 Å². The van der Waals surface area contributed by atoms with Crippen LogP contribution in [0.3, 0.4) is 0 Å². The summed E-state index contributed by atoms with van der Waals surface area (Å²) >= 11 is 2.01. The Kier molecular flexibility index (Phi) is 2.64. The van der Waals surface area contributed by atoms with Crippen molar-refractivity contribution in [2.75, 3.05) is 5.32 Å². The van der Waals surface area contributed by atoms with Crippen molar-refractivity contribution in [3.63, 3.8) is 0 Å². The normalized spacial score (nSPS) is 9.18. The number of anilines is 1. The van der Waals surface area contributed by atoms with Crippen molar-refractivity contribution in [1.82, 2.24) is 4.98 Å². The van der Waals surface area contributed by atoms with Crippen LogP contribution in [0.5, 0.6) is 0 Å². The molecule has 0 aliphatic rings. The number of hydrogen-bond acceptors (Lipinski definition) is 2. The largest absolute Gasteiger partial charge is 0.465 e. The van der Waals surface area contributed by atoms with E-state index in [2.05, 4.69) is 10.3 Å². The van der Waals surface area contributed by atoms with Gasteiger partial charge in [-0.1, -0.05) is 0 Å². The predicted molar refractivity (Wildman–Crippen MR) is 48.6 cm³/mol. The first-order chi connectivity index (χ1) is 5.20. The van der Waals surface area contributed by atoms with Crippen molar-refractivity contribution in [2.24, 2.45) is 0 Å². The number of rotatable bonds is 1. The predicted octanol–water partition coefficient (Wildman–Crippen LogP) is 1.78. The van der Waals surface area contributed by atoms with Gasteiger partial charge in [0.15, 0.2) is 0 Å². The number of carboxylic acid groups (broad SMARTS) is 1. The van der Waals surface area contributed by atoms with E-state index in [1.807, 2.05) is 22.6 Å². The standard InChI is InChI=1S/C6H5IN2O2/c7-4-2-1-3-8-5(4)9-6(10)11/h1-3H,(H,8,9)(H,10,11). The van der Waals surface area contributed by atoms with Gasteiger partial charge in [0.2, 0.25) is 0 Å².